The van der Waals surface area contributed by atoms with Gasteiger partial charge in [-0.25, -0.2) is 4.79 Å². The van der Waals surface area contributed by atoms with Gasteiger partial charge in [0.25, 0.3) is 0 Å². The maximum absolute atomic E-state index is 11.7. The Bertz CT molecular complexity index is 374. The number of aliphatic hydroxyl groups excluding tert-OH is 1. The van der Waals surface area contributed by atoms with Crippen molar-refractivity contribution in [1.29, 1.82) is 0 Å². The SMILES string of the molecule is COC(=O)[C@](O)(c1ccccc1)[C@@H](O)C(C)C. The van der Waals surface area contributed by atoms with E-state index in [4.69, 9.17) is 0 Å². The first-order chi connectivity index (χ1) is 7.94. The summed E-state index contributed by atoms with van der Waals surface area (Å²) in [6, 6.07) is 8.32. The summed E-state index contributed by atoms with van der Waals surface area (Å²) in [6.45, 7) is 3.45. The Kier molecular flexibility index (Phi) is 4.26. The minimum Gasteiger partial charge on any atom is -0.467 e. The lowest BCUT2D eigenvalue weighted by Crippen LogP contribution is -2.49. The Morgan fingerprint density at radius 1 is 1.29 bits per heavy atom. The number of rotatable bonds is 4. The number of hydrogen-bond acceptors (Lipinski definition) is 4. The molecular formula is C13H18O4. The van der Waals surface area contributed by atoms with Crippen molar-refractivity contribution in [3.63, 3.8) is 0 Å². The van der Waals surface area contributed by atoms with Gasteiger partial charge in [-0.15, -0.1) is 0 Å². The lowest BCUT2D eigenvalue weighted by molar-refractivity contribution is -0.181. The van der Waals surface area contributed by atoms with Crippen molar-refractivity contribution in [3.05, 3.63) is 35.9 Å². The van der Waals surface area contributed by atoms with Gasteiger partial charge in [0.1, 0.15) is 6.10 Å². The van der Waals surface area contributed by atoms with E-state index < -0.39 is 17.7 Å². The summed E-state index contributed by atoms with van der Waals surface area (Å²) < 4.78 is 4.59. The first-order valence-electron chi connectivity index (χ1n) is 5.49. The van der Waals surface area contributed by atoms with Crippen molar-refractivity contribution in [1.82, 2.24) is 0 Å². The number of aliphatic hydroxyl groups is 2. The summed E-state index contributed by atoms with van der Waals surface area (Å²) >= 11 is 0. The molecule has 1 rings (SSSR count). The largest absolute Gasteiger partial charge is 0.467 e. The van der Waals surface area contributed by atoms with Crippen molar-refractivity contribution in [2.24, 2.45) is 5.92 Å². The zero-order valence-corrected chi connectivity index (χ0v) is 10.3. The summed E-state index contributed by atoms with van der Waals surface area (Å²) in [5.41, 5.74) is -1.70. The topological polar surface area (TPSA) is 66.8 Å². The number of esters is 1. The molecule has 0 aromatic heterocycles. The molecule has 0 unspecified atom stereocenters. The van der Waals surface area contributed by atoms with Gasteiger partial charge in [-0.05, 0) is 11.5 Å². The van der Waals surface area contributed by atoms with E-state index in [1.165, 1.54) is 7.11 Å². The van der Waals surface area contributed by atoms with Gasteiger partial charge in [0, 0.05) is 0 Å². The van der Waals surface area contributed by atoms with Crippen molar-refractivity contribution in [2.75, 3.05) is 7.11 Å². The van der Waals surface area contributed by atoms with E-state index in [-0.39, 0.29) is 5.92 Å². The van der Waals surface area contributed by atoms with E-state index in [1.807, 2.05) is 0 Å². The molecule has 1 aromatic rings. The molecule has 1 aromatic carbocycles. The molecule has 0 aliphatic rings. The predicted octanol–water partition coefficient (Wildman–Crippen LogP) is 1.06. The molecule has 4 nitrogen and oxygen atoms in total. The van der Waals surface area contributed by atoms with Gasteiger partial charge in [-0.1, -0.05) is 44.2 Å². The Morgan fingerprint density at radius 3 is 2.24 bits per heavy atom. The molecule has 0 aliphatic heterocycles. The fourth-order valence-electron chi connectivity index (χ4n) is 1.74. The maximum Gasteiger partial charge on any atom is 0.345 e. The maximum atomic E-state index is 11.7. The van der Waals surface area contributed by atoms with Gasteiger partial charge in [-0.2, -0.15) is 0 Å². The molecule has 94 valence electrons. The first-order valence-corrected chi connectivity index (χ1v) is 5.49. The summed E-state index contributed by atoms with van der Waals surface area (Å²) in [5, 5.41) is 20.5. The van der Waals surface area contributed by atoms with Crippen molar-refractivity contribution in [3.8, 4) is 0 Å². The Labute approximate surface area is 101 Å². The van der Waals surface area contributed by atoms with Crippen LogP contribution in [0.1, 0.15) is 19.4 Å². The highest BCUT2D eigenvalue weighted by Crippen LogP contribution is 2.30. The third kappa shape index (κ3) is 2.48. The highest BCUT2D eigenvalue weighted by atomic mass is 16.5. The van der Waals surface area contributed by atoms with Crippen molar-refractivity contribution in [2.45, 2.75) is 25.6 Å². The van der Waals surface area contributed by atoms with Gasteiger partial charge in [0.15, 0.2) is 0 Å². The van der Waals surface area contributed by atoms with Crippen LogP contribution < -0.4 is 0 Å². The molecular weight excluding hydrogens is 220 g/mol. The van der Waals surface area contributed by atoms with E-state index in [0.29, 0.717) is 5.56 Å². The number of carbonyl (C=O) groups is 1. The molecule has 0 bridgehead atoms. The minimum absolute atomic E-state index is 0.278. The van der Waals surface area contributed by atoms with Crippen LogP contribution in [0.4, 0.5) is 0 Å². The smallest absolute Gasteiger partial charge is 0.345 e. The molecule has 2 N–H and O–H groups in total. The molecule has 0 fully saturated rings. The third-order valence-electron chi connectivity index (χ3n) is 2.77. The quantitative estimate of drug-likeness (QED) is 0.770. The number of hydrogen-bond donors (Lipinski definition) is 2. The molecule has 0 saturated heterocycles. The fraction of sp³-hybridized carbons (Fsp3) is 0.462. The molecule has 0 aliphatic carbocycles. The molecule has 0 amide bonds. The Balaban J connectivity index is 3.25. The number of carbonyl (C=O) groups excluding carboxylic acids is 1. The van der Waals surface area contributed by atoms with Crippen LogP contribution in [0.15, 0.2) is 30.3 Å². The average Bonchev–Trinajstić information content (AvgIpc) is 2.36. The second-order valence-electron chi connectivity index (χ2n) is 4.31. The second-order valence-corrected chi connectivity index (χ2v) is 4.31. The molecule has 4 heteroatoms. The molecule has 0 saturated carbocycles. The van der Waals surface area contributed by atoms with E-state index in [0.717, 1.165) is 0 Å². The van der Waals surface area contributed by atoms with E-state index in [1.54, 1.807) is 44.2 Å². The van der Waals surface area contributed by atoms with Crippen LogP contribution in [-0.4, -0.2) is 29.4 Å². The molecule has 17 heavy (non-hydrogen) atoms. The van der Waals surface area contributed by atoms with Gasteiger partial charge < -0.3 is 14.9 Å². The lowest BCUT2D eigenvalue weighted by atomic mass is 9.83. The van der Waals surface area contributed by atoms with Gasteiger partial charge in [0.05, 0.1) is 7.11 Å². The van der Waals surface area contributed by atoms with E-state index in [9.17, 15) is 15.0 Å². The number of benzene rings is 1. The van der Waals surface area contributed by atoms with Crippen LogP contribution in [0, 0.1) is 5.92 Å². The zero-order chi connectivity index (χ0) is 13.1. The van der Waals surface area contributed by atoms with Crippen molar-refractivity contribution >= 4 is 5.97 Å². The summed E-state index contributed by atoms with van der Waals surface area (Å²) in [4.78, 5) is 11.7. The summed E-state index contributed by atoms with van der Waals surface area (Å²) in [7, 11) is 1.18. The summed E-state index contributed by atoms with van der Waals surface area (Å²) in [6.07, 6.45) is -1.22. The number of ether oxygens (including phenoxy) is 1. The fourth-order valence-corrected chi connectivity index (χ4v) is 1.74. The molecule has 0 heterocycles. The van der Waals surface area contributed by atoms with E-state index >= 15 is 0 Å². The van der Waals surface area contributed by atoms with Gasteiger partial charge in [0.2, 0.25) is 5.60 Å². The Hall–Kier alpha value is -1.39. The van der Waals surface area contributed by atoms with Crippen LogP contribution in [-0.2, 0) is 15.1 Å². The highest BCUT2D eigenvalue weighted by Gasteiger charge is 2.47. The van der Waals surface area contributed by atoms with E-state index in [2.05, 4.69) is 4.74 Å². The van der Waals surface area contributed by atoms with Crippen molar-refractivity contribution < 1.29 is 19.7 Å². The Morgan fingerprint density at radius 2 is 1.82 bits per heavy atom. The van der Waals surface area contributed by atoms with Crippen LogP contribution in [0.2, 0.25) is 0 Å². The molecule has 0 spiro atoms. The van der Waals surface area contributed by atoms with Crippen LogP contribution in [0.3, 0.4) is 0 Å². The standard InChI is InChI=1S/C13H18O4/c1-9(2)11(14)13(16,12(15)17-3)10-7-5-4-6-8-10/h4-9,11,14,16H,1-3H3/t11-,13-/m0/s1. The second kappa shape index (κ2) is 5.29. The number of methoxy groups -OCH3 is 1. The normalized spacial score (nSPS) is 16.4. The minimum atomic E-state index is -2.02. The summed E-state index contributed by atoms with van der Waals surface area (Å²) in [5.74, 6) is -1.13. The first kappa shape index (κ1) is 13.7. The van der Waals surface area contributed by atoms with Crippen LogP contribution in [0.25, 0.3) is 0 Å². The monoisotopic (exact) mass is 238 g/mol. The molecule has 2 atom stereocenters. The van der Waals surface area contributed by atoms with Crippen LogP contribution >= 0.6 is 0 Å². The molecule has 0 radical (unpaired) electrons. The van der Waals surface area contributed by atoms with Gasteiger partial charge >= 0.3 is 5.97 Å². The average molecular weight is 238 g/mol. The van der Waals surface area contributed by atoms with Crippen LogP contribution in [0.5, 0.6) is 0 Å². The highest BCUT2D eigenvalue weighted by molar-refractivity contribution is 5.81. The van der Waals surface area contributed by atoms with Gasteiger partial charge in [-0.3, -0.25) is 0 Å². The predicted molar refractivity (Wildman–Crippen MR) is 63.2 cm³/mol. The third-order valence-corrected chi connectivity index (χ3v) is 2.77. The lowest BCUT2D eigenvalue weighted by Gasteiger charge is -2.32. The zero-order valence-electron chi connectivity index (χ0n) is 10.3.